The molecule has 1 aromatic rings. The molecule has 1 saturated heterocycles. The van der Waals surface area contributed by atoms with Crippen molar-refractivity contribution in [3.05, 3.63) is 35.9 Å². The van der Waals surface area contributed by atoms with Crippen LogP contribution >= 0.6 is 0 Å². The fraction of sp³-hybridized carbons (Fsp3) is 0.500. The molecule has 2 fully saturated rings. The van der Waals surface area contributed by atoms with E-state index in [9.17, 15) is 4.79 Å². The molecule has 1 N–H and O–H groups in total. The lowest BCUT2D eigenvalue weighted by atomic mass is 10.1. The van der Waals surface area contributed by atoms with Crippen molar-refractivity contribution in [1.82, 2.24) is 10.2 Å². The highest BCUT2D eigenvalue weighted by molar-refractivity contribution is 5.83. The molecule has 1 aliphatic carbocycles. The lowest BCUT2D eigenvalue weighted by molar-refractivity contribution is -0.140. The van der Waals surface area contributed by atoms with E-state index >= 15 is 0 Å². The van der Waals surface area contributed by atoms with Gasteiger partial charge in [0, 0.05) is 13.1 Å². The number of hydrogen-bond acceptors (Lipinski definition) is 2. The maximum Gasteiger partial charge on any atom is 0.240 e. The first kappa shape index (κ1) is 10.8. The van der Waals surface area contributed by atoms with Crippen LogP contribution in [0, 0.1) is 0 Å². The molecule has 17 heavy (non-hydrogen) atoms. The van der Waals surface area contributed by atoms with Crippen LogP contribution in [-0.4, -0.2) is 28.9 Å². The summed E-state index contributed by atoms with van der Waals surface area (Å²) in [5.41, 5.74) is 1.35. The van der Waals surface area contributed by atoms with E-state index in [-0.39, 0.29) is 17.5 Å². The third kappa shape index (κ3) is 1.84. The Balaban J connectivity index is 1.82. The second kappa shape index (κ2) is 3.84. The summed E-state index contributed by atoms with van der Waals surface area (Å²) in [7, 11) is 0. The predicted octanol–water partition coefficient (Wildman–Crippen LogP) is 1.54. The smallest absolute Gasteiger partial charge is 0.240 e. The molecule has 1 heterocycles. The standard InChI is InChI=1S/C14H18N2O/c1-11-13(17)16(14(7-8-14)10-15-11)9-12-5-3-2-4-6-12/h2-6,11,15H,7-10H2,1H3. The van der Waals surface area contributed by atoms with E-state index in [1.165, 1.54) is 5.56 Å². The predicted molar refractivity (Wildman–Crippen MR) is 66.4 cm³/mol. The molecule has 3 rings (SSSR count). The second-order valence-corrected chi connectivity index (χ2v) is 5.24. The number of amides is 1. The molecule has 1 aliphatic heterocycles. The van der Waals surface area contributed by atoms with Gasteiger partial charge in [-0.25, -0.2) is 0 Å². The zero-order valence-corrected chi connectivity index (χ0v) is 10.1. The van der Waals surface area contributed by atoms with Crippen LogP contribution in [0.3, 0.4) is 0 Å². The van der Waals surface area contributed by atoms with E-state index in [1.54, 1.807) is 0 Å². The Bertz CT molecular complexity index is 425. The summed E-state index contributed by atoms with van der Waals surface area (Å²) in [6, 6.07) is 10.2. The number of benzene rings is 1. The molecule has 3 heteroatoms. The van der Waals surface area contributed by atoms with Gasteiger partial charge in [-0.05, 0) is 25.3 Å². The third-order valence-corrected chi connectivity index (χ3v) is 3.96. The van der Waals surface area contributed by atoms with Gasteiger partial charge in [0.25, 0.3) is 0 Å². The first-order chi connectivity index (χ1) is 8.21. The van der Waals surface area contributed by atoms with Crippen molar-refractivity contribution in [2.45, 2.75) is 37.9 Å². The van der Waals surface area contributed by atoms with Crippen LogP contribution in [0.2, 0.25) is 0 Å². The van der Waals surface area contributed by atoms with Crippen LogP contribution in [0.25, 0.3) is 0 Å². The summed E-state index contributed by atoms with van der Waals surface area (Å²) < 4.78 is 0. The van der Waals surface area contributed by atoms with E-state index in [2.05, 4.69) is 22.3 Å². The molecular weight excluding hydrogens is 212 g/mol. The topological polar surface area (TPSA) is 32.3 Å². The zero-order chi connectivity index (χ0) is 11.9. The lowest BCUT2D eigenvalue weighted by Crippen LogP contribution is -2.60. The van der Waals surface area contributed by atoms with Gasteiger partial charge in [-0.1, -0.05) is 30.3 Å². The molecular formula is C14H18N2O. The first-order valence-electron chi connectivity index (χ1n) is 6.30. The molecule has 1 saturated carbocycles. The molecule has 2 aliphatic rings. The van der Waals surface area contributed by atoms with Gasteiger partial charge in [0.15, 0.2) is 0 Å². The van der Waals surface area contributed by atoms with Gasteiger partial charge in [0.05, 0.1) is 11.6 Å². The molecule has 0 bridgehead atoms. The highest BCUT2D eigenvalue weighted by Crippen LogP contribution is 2.44. The van der Waals surface area contributed by atoms with E-state index in [1.807, 2.05) is 25.1 Å². The van der Waals surface area contributed by atoms with Gasteiger partial charge in [-0.2, -0.15) is 0 Å². The van der Waals surface area contributed by atoms with Gasteiger partial charge < -0.3 is 10.2 Å². The van der Waals surface area contributed by atoms with Crippen LogP contribution in [0.5, 0.6) is 0 Å². The maximum absolute atomic E-state index is 12.2. The minimum absolute atomic E-state index is 0.0371. The summed E-state index contributed by atoms with van der Waals surface area (Å²) in [5, 5.41) is 3.31. The van der Waals surface area contributed by atoms with Crippen LogP contribution in [0.1, 0.15) is 25.3 Å². The number of rotatable bonds is 2. The molecule has 1 atom stereocenters. The molecule has 1 unspecified atom stereocenters. The van der Waals surface area contributed by atoms with Crippen LogP contribution in [-0.2, 0) is 11.3 Å². The van der Waals surface area contributed by atoms with Crippen molar-refractivity contribution in [1.29, 1.82) is 0 Å². The average Bonchev–Trinajstić information content (AvgIpc) is 3.13. The Morgan fingerprint density at radius 1 is 1.35 bits per heavy atom. The third-order valence-electron chi connectivity index (χ3n) is 3.96. The zero-order valence-electron chi connectivity index (χ0n) is 10.1. The summed E-state index contributed by atoms with van der Waals surface area (Å²) in [5.74, 6) is 0.248. The van der Waals surface area contributed by atoms with Gasteiger partial charge in [0.2, 0.25) is 5.91 Å². The minimum Gasteiger partial charge on any atom is -0.330 e. The fourth-order valence-electron chi connectivity index (χ4n) is 2.60. The number of nitrogens with one attached hydrogen (secondary N) is 1. The van der Waals surface area contributed by atoms with E-state index < -0.39 is 0 Å². The SMILES string of the molecule is CC1NCC2(CC2)N(Cc2ccccc2)C1=O. The largest absolute Gasteiger partial charge is 0.330 e. The number of carbonyl (C=O) groups excluding carboxylic acids is 1. The molecule has 90 valence electrons. The van der Waals surface area contributed by atoms with Crippen molar-refractivity contribution in [3.63, 3.8) is 0 Å². The highest BCUT2D eigenvalue weighted by atomic mass is 16.2. The van der Waals surface area contributed by atoms with Gasteiger partial charge in [-0.3, -0.25) is 4.79 Å². The highest BCUT2D eigenvalue weighted by Gasteiger charge is 2.53. The van der Waals surface area contributed by atoms with Gasteiger partial charge in [0.1, 0.15) is 0 Å². The Morgan fingerprint density at radius 3 is 2.71 bits per heavy atom. The molecule has 1 spiro atoms. The number of hydrogen-bond donors (Lipinski definition) is 1. The summed E-state index contributed by atoms with van der Waals surface area (Å²) in [6.07, 6.45) is 2.29. The summed E-state index contributed by atoms with van der Waals surface area (Å²) >= 11 is 0. The quantitative estimate of drug-likeness (QED) is 0.836. The molecule has 1 aromatic carbocycles. The van der Waals surface area contributed by atoms with Gasteiger partial charge in [-0.15, -0.1) is 0 Å². The Hall–Kier alpha value is -1.35. The molecule has 1 amide bonds. The van der Waals surface area contributed by atoms with Crippen LogP contribution in [0.15, 0.2) is 30.3 Å². The van der Waals surface area contributed by atoms with Gasteiger partial charge >= 0.3 is 0 Å². The molecule has 0 aromatic heterocycles. The number of piperazine rings is 1. The Morgan fingerprint density at radius 2 is 2.06 bits per heavy atom. The van der Waals surface area contributed by atoms with Crippen molar-refractivity contribution in [2.75, 3.05) is 6.54 Å². The molecule has 0 radical (unpaired) electrons. The minimum atomic E-state index is -0.0371. The first-order valence-corrected chi connectivity index (χ1v) is 6.30. The van der Waals surface area contributed by atoms with E-state index in [4.69, 9.17) is 0 Å². The maximum atomic E-state index is 12.2. The van der Waals surface area contributed by atoms with Crippen LogP contribution in [0.4, 0.5) is 0 Å². The summed E-state index contributed by atoms with van der Waals surface area (Å²) in [4.78, 5) is 14.3. The van der Waals surface area contributed by atoms with E-state index in [0.29, 0.717) is 0 Å². The normalized spacial score (nSPS) is 26.3. The van der Waals surface area contributed by atoms with Crippen LogP contribution < -0.4 is 5.32 Å². The monoisotopic (exact) mass is 230 g/mol. The van der Waals surface area contributed by atoms with Crippen molar-refractivity contribution in [2.24, 2.45) is 0 Å². The Labute approximate surface area is 102 Å². The number of nitrogens with zero attached hydrogens (tertiary/aromatic N) is 1. The van der Waals surface area contributed by atoms with Crippen molar-refractivity contribution < 1.29 is 4.79 Å². The average molecular weight is 230 g/mol. The second-order valence-electron chi connectivity index (χ2n) is 5.24. The Kier molecular flexibility index (Phi) is 2.44. The molecule has 3 nitrogen and oxygen atoms in total. The van der Waals surface area contributed by atoms with Crippen molar-refractivity contribution in [3.8, 4) is 0 Å². The summed E-state index contributed by atoms with van der Waals surface area (Å²) in [6.45, 7) is 3.66. The number of carbonyl (C=O) groups is 1. The van der Waals surface area contributed by atoms with E-state index in [0.717, 1.165) is 25.9 Å². The lowest BCUT2D eigenvalue weighted by Gasteiger charge is -2.39. The van der Waals surface area contributed by atoms with Crippen molar-refractivity contribution >= 4 is 5.91 Å². The fourth-order valence-corrected chi connectivity index (χ4v) is 2.60.